The second kappa shape index (κ2) is 11.0. The van der Waals surface area contributed by atoms with Crippen LogP contribution in [0, 0.1) is 0 Å². The molecule has 0 fully saturated rings. The van der Waals surface area contributed by atoms with Gasteiger partial charge in [-0.05, 0) is 70.8 Å². The minimum Gasteiger partial charge on any atom is -0.309 e. The van der Waals surface area contributed by atoms with E-state index in [4.69, 9.17) is 0 Å². The van der Waals surface area contributed by atoms with Crippen molar-refractivity contribution >= 4 is 75.1 Å². The zero-order chi connectivity index (χ0) is 33.5. The number of hydrogen-bond donors (Lipinski definition) is 0. The number of hydrogen-bond acceptors (Lipinski definition) is 1. The highest BCUT2D eigenvalue weighted by Crippen LogP contribution is 2.45. The summed E-state index contributed by atoms with van der Waals surface area (Å²) >= 11 is 1.91. The number of nitrogens with zero attached hydrogens (tertiary/aromatic N) is 2. The average Bonchev–Trinajstić information content (AvgIpc) is 3.86. The van der Waals surface area contributed by atoms with Gasteiger partial charge in [0.15, 0.2) is 0 Å². The molecular weight excluding hydrogens is 637 g/mol. The fourth-order valence-corrected chi connectivity index (χ4v) is 9.73. The number of aromatic nitrogens is 2. The number of para-hydroxylation sites is 3. The second-order valence-corrected chi connectivity index (χ2v) is 14.3. The van der Waals surface area contributed by atoms with E-state index in [2.05, 4.69) is 191 Å². The van der Waals surface area contributed by atoms with Gasteiger partial charge in [-0.15, -0.1) is 11.3 Å². The predicted octanol–water partition coefficient (Wildman–Crippen LogP) is 13.6. The van der Waals surface area contributed by atoms with Gasteiger partial charge in [-0.3, -0.25) is 0 Å². The molecule has 51 heavy (non-hydrogen) atoms. The quantitative estimate of drug-likeness (QED) is 0.177. The molecule has 0 atom stereocenters. The summed E-state index contributed by atoms with van der Waals surface area (Å²) in [6.07, 6.45) is 0. The van der Waals surface area contributed by atoms with Crippen LogP contribution < -0.4 is 0 Å². The molecule has 0 amide bonds. The normalized spacial score (nSPS) is 11.9. The molecule has 0 saturated carbocycles. The topological polar surface area (TPSA) is 9.86 Å². The molecule has 0 radical (unpaired) electrons. The first-order valence-electron chi connectivity index (χ1n) is 17.4. The fraction of sp³-hybridized carbons (Fsp3) is 0. The average molecular weight is 667 g/mol. The van der Waals surface area contributed by atoms with E-state index in [1.165, 1.54) is 91.7 Å². The van der Waals surface area contributed by atoms with Crippen molar-refractivity contribution in [1.29, 1.82) is 0 Å². The lowest BCUT2D eigenvalue weighted by Crippen LogP contribution is -1.95. The summed E-state index contributed by atoms with van der Waals surface area (Å²) < 4.78 is 7.53. The van der Waals surface area contributed by atoms with Gasteiger partial charge in [-0.1, -0.05) is 133 Å². The van der Waals surface area contributed by atoms with Gasteiger partial charge in [0.05, 0.1) is 22.1 Å². The molecule has 0 aliphatic rings. The molecule has 11 rings (SSSR count). The summed E-state index contributed by atoms with van der Waals surface area (Å²) in [5.41, 5.74) is 12.2. The highest BCUT2D eigenvalue weighted by atomic mass is 32.1. The van der Waals surface area contributed by atoms with E-state index in [1.807, 2.05) is 11.3 Å². The lowest BCUT2D eigenvalue weighted by atomic mass is 10.00. The van der Waals surface area contributed by atoms with E-state index in [0.29, 0.717) is 0 Å². The van der Waals surface area contributed by atoms with Gasteiger partial charge >= 0.3 is 0 Å². The van der Waals surface area contributed by atoms with Crippen molar-refractivity contribution in [2.45, 2.75) is 0 Å². The molecule has 3 heteroatoms. The molecule has 0 bridgehead atoms. The highest BCUT2D eigenvalue weighted by molar-refractivity contribution is 7.26. The van der Waals surface area contributed by atoms with Crippen molar-refractivity contribution in [3.8, 4) is 33.6 Å². The SMILES string of the molecule is c1ccc(-c2cccc3c2sc2c(-c4cccc(-n5c6ccccc6c6c7c8ccccc8n(-c8ccccc8)c7ccc65)c4)cccc23)cc1. The summed E-state index contributed by atoms with van der Waals surface area (Å²) in [6.45, 7) is 0. The zero-order valence-corrected chi connectivity index (χ0v) is 28.4. The lowest BCUT2D eigenvalue weighted by molar-refractivity contribution is 1.17. The minimum absolute atomic E-state index is 1.16. The fourth-order valence-electron chi connectivity index (χ4n) is 8.36. The van der Waals surface area contributed by atoms with Crippen LogP contribution >= 0.6 is 11.3 Å². The Morgan fingerprint density at radius 1 is 0.314 bits per heavy atom. The standard InChI is InChI=1S/C48H30N2S/c1-3-14-31(15-4-1)35-22-12-24-37-38-25-13-23-36(48(38)51-47(35)37)32-16-11-19-34(30-32)50-42-27-10-8-21-40(42)46-44(50)29-28-43-45(46)39-20-7-9-26-41(39)49(43)33-17-5-2-6-18-33/h1-30H. The Kier molecular flexibility index (Phi) is 6.16. The van der Waals surface area contributed by atoms with E-state index in [-0.39, 0.29) is 0 Å². The van der Waals surface area contributed by atoms with Crippen LogP contribution in [0.15, 0.2) is 182 Å². The van der Waals surface area contributed by atoms with Gasteiger partial charge in [0.1, 0.15) is 0 Å². The van der Waals surface area contributed by atoms with E-state index < -0.39 is 0 Å². The van der Waals surface area contributed by atoms with Crippen molar-refractivity contribution in [3.05, 3.63) is 182 Å². The molecule has 0 aliphatic carbocycles. The van der Waals surface area contributed by atoms with E-state index in [0.717, 1.165) is 5.69 Å². The Morgan fingerprint density at radius 2 is 0.765 bits per heavy atom. The van der Waals surface area contributed by atoms with Crippen LogP contribution in [0.3, 0.4) is 0 Å². The smallest absolute Gasteiger partial charge is 0.0548 e. The van der Waals surface area contributed by atoms with Crippen LogP contribution in [0.25, 0.3) is 97.4 Å². The third kappa shape index (κ3) is 4.16. The first kappa shape index (κ1) is 28.4. The zero-order valence-electron chi connectivity index (χ0n) is 27.6. The van der Waals surface area contributed by atoms with Crippen LogP contribution in [0.4, 0.5) is 0 Å². The first-order chi connectivity index (χ1) is 25.3. The Morgan fingerprint density at radius 3 is 1.39 bits per heavy atom. The Bertz CT molecular complexity index is 3130. The van der Waals surface area contributed by atoms with Gasteiger partial charge in [-0.2, -0.15) is 0 Å². The van der Waals surface area contributed by atoms with Gasteiger partial charge in [0.25, 0.3) is 0 Å². The van der Waals surface area contributed by atoms with Crippen molar-refractivity contribution < 1.29 is 0 Å². The number of rotatable bonds is 4. The Hall–Kier alpha value is -6.42. The molecule has 238 valence electrons. The monoisotopic (exact) mass is 666 g/mol. The molecule has 3 aromatic heterocycles. The lowest BCUT2D eigenvalue weighted by Gasteiger charge is -2.11. The summed E-state index contributed by atoms with van der Waals surface area (Å²) in [7, 11) is 0. The maximum atomic E-state index is 2.46. The van der Waals surface area contributed by atoms with Gasteiger partial charge < -0.3 is 9.13 Å². The summed E-state index contributed by atoms with van der Waals surface area (Å²) in [5.74, 6) is 0. The van der Waals surface area contributed by atoms with Crippen LogP contribution in [-0.2, 0) is 0 Å². The third-order valence-corrected chi connectivity index (χ3v) is 11.8. The van der Waals surface area contributed by atoms with Crippen LogP contribution in [0.2, 0.25) is 0 Å². The maximum Gasteiger partial charge on any atom is 0.0548 e. The highest BCUT2D eigenvalue weighted by Gasteiger charge is 2.21. The second-order valence-electron chi connectivity index (χ2n) is 13.3. The third-order valence-electron chi connectivity index (χ3n) is 10.5. The van der Waals surface area contributed by atoms with E-state index in [9.17, 15) is 0 Å². The van der Waals surface area contributed by atoms with Crippen molar-refractivity contribution in [2.75, 3.05) is 0 Å². The van der Waals surface area contributed by atoms with Crippen molar-refractivity contribution in [3.63, 3.8) is 0 Å². The van der Waals surface area contributed by atoms with Crippen LogP contribution in [0.5, 0.6) is 0 Å². The molecule has 3 heterocycles. The van der Waals surface area contributed by atoms with Crippen molar-refractivity contribution in [2.24, 2.45) is 0 Å². The van der Waals surface area contributed by atoms with E-state index >= 15 is 0 Å². The molecule has 0 unspecified atom stereocenters. The van der Waals surface area contributed by atoms with E-state index in [1.54, 1.807) is 0 Å². The number of fused-ring (bicyclic) bond motifs is 10. The number of thiophene rings is 1. The number of benzene rings is 8. The largest absolute Gasteiger partial charge is 0.309 e. The van der Waals surface area contributed by atoms with Crippen molar-refractivity contribution in [1.82, 2.24) is 9.13 Å². The summed E-state index contributed by atoms with van der Waals surface area (Å²) in [4.78, 5) is 0. The minimum atomic E-state index is 1.16. The molecule has 0 N–H and O–H groups in total. The Balaban J connectivity index is 1.16. The molecule has 0 aliphatic heterocycles. The van der Waals surface area contributed by atoms with Crippen LogP contribution in [0.1, 0.15) is 0 Å². The first-order valence-corrected chi connectivity index (χ1v) is 18.3. The van der Waals surface area contributed by atoms with Gasteiger partial charge in [0, 0.05) is 53.1 Å². The van der Waals surface area contributed by atoms with Gasteiger partial charge in [-0.25, -0.2) is 0 Å². The summed E-state index contributed by atoms with van der Waals surface area (Å²) in [5, 5.41) is 7.74. The molecule has 8 aromatic carbocycles. The molecule has 0 spiro atoms. The molecule has 11 aromatic rings. The summed E-state index contributed by atoms with van der Waals surface area (Å²) in [6, 6.07) is 66.4. The Labute approximate surface area is 298 Å². The molecule has 2 nitrogen and oxygen atoms in total. The van der Waals surface area contributed by atoms with Gasteiger partial charge in [0.2, 0.25) is 0 Å². The molecule has 0 saturated heterocycles. The van der Waals surface area contributed by atoms with Crippen LogP contribution in [-0.4, -0.2) is 9.13 Å². The maximum absolute atomic E-state index is 2.46. The predicted molar refractivity (Wildman–Crippen MR) is 219 cm³/mol. The molecular formula is C48H30N2S.